The molecule has 0 N–H and O–H groups in total. The summed E-state index contributed by atoms with van der Waals surface area (Å²) in [6.07, 6.45) is 1.55. The zero-order valence-electron chi connectivity index (χ0n) is 13.4. The molecule has 0 saturated carbocycles. The number of ketones is 1. The van der Waals surface area contributed by atoms with E-state index in [0.29, 0.717) is 30.3 Å². The van der Waals surface area contributed by atoms with Crippen molar-refractivity contribution in [3.8, 4) is 11.5 Å². The summed E-state index contributed by atoms with van der Waals surface area (Å²) in [6, 6.07) is 11.5. The van der Waals surface area contributed by atoms with Gasteiger partial charge in [0, 0.05) is 12.6 Å². The first kappa shape index (κ1) is 15.7. The van der Waals surface area contributed by atoms with Crippen molar-refractivity contribution in [1.82, 2.24) is 4.31 Å². The lowest BCUT2D eigenvalue weighted by molar-refractivity contribution is 0.101. The molecule has 2 aromatic carbocycles. The Bertz CT molecular complexity index is 1010. The summed E-state index contributed by atoms with van der Waals surface area (Å²) in [4.78, 5) is 12.8. The van der Waals surface area contributed by atoms with E-state index < -0.39 is 10.0 Å². The molecule has 0 amide bonds. The third-order valence-electron chi connectivity index (χ3n) is 4.21. The first-order chi connectivity index (χ1) is 12.0. The molecule has 0 radical (unpaired) electrons. The Hall–Kier alpha value is -2.80. The van der Waals surface area contributed by atoms with Crippen LogP contribution in [0, 0.1) is 0 Å². The van der Waals surface area contributed by atoms with Crippen molar-refractivity contribution in [3.05, 3.63) is 59.3 Å². The summed E-state index contributed by atoms with van der Waals surface area (Å²) >= 11 is 0. The number of carbonyl (C=O) groups is 1. The van der Waals surface area contributed by atoms with Gasteiger partial charge in [-0.1, -0.05) is 18.2 Å². The van der Waals surface area contributed by atoms with Gasteiger partial charge in [-0.15, -0.1) is 0 Å². The lowest BCUT2D eigenvalue weighted by Crippen LogP contribution is -2.36. The summed E-state index contributed by atoms with van der Waals surface area (Å²) < 4.78 is 37.4. The Morgan fingerprint density at radius 2 is 1.76 bits per heavy atom. The minimum absolute atomic E-state index is 0.0295. The number of hydrogen-bond acceptors (Lipinski definition) is 5. The number of benzene rings is 2. The van der Waals surface area contributed by atoms with Crippen LogP contribution < -0.4 is 9.47 Å². The van der Waals surface area contributed by atoms with E-state index in [-0.39, 0.29) is 21.9 Å². The molecular formula is C18H15NO5S. The molecule has 2 aliphatic heterocycles. The van der Waals surface area contributed by atoms with Crippen molar-refractivity contribution >= 4 is 21.9 Å². The van der Waals surface area contributed by atoms with Gasteiger partial charge in [0.25, 0.3) is 10.0 Å². The van der Waals surface area contributed by atoms with E-state index in [1.54, 1.807) is 36.4 Å². The van der Waals surface area contributed by atoms with Gasteiger partial charge in [-0.2, -0.15) is 0 Å². The maximum atomic E-state index is 12.8. The Balaban J connectivity index is 1.83. The monoisotopic (exact) mass is 357 g/mol. The molecule has 0 aliphatic carbocycles. The smallest absolute Gasteiger partial charge is 0.264 e. The molecule has 7 heteroatoms. The van der Waals surface area contributed by atoms with Gasteiger partial charge >= 0.3 is 0 Å². The summed E-state index contributed by atoms with van der Waals surface area (Å²) in [5, 5.41) is 0. The summed E-state index contributed by atoms with van der Waals surface area (Å²) in [5.74, 6) is 0.882. The Morgan fingerprint density at radius 1 is 1.04 bits per heavy atom. The fourth-order valence-electron chi connectivity index (χ4n) is 2.90. The van der Waals surface area contributed by atoms with Crippen LogP contribution in [0.15, 0.2) is 53.1 Å². The van der Waals surface area contributed by atoms with E-state index in [2.05, 4.69) is 0 Å². The molecule has 0 aromatic heterocycles. The Kier molecular flexibility index (Phi) is 3.54. The lowest BCUT2D eigenvalue weighted by atomic mass is 10.1. The van der Waals surface area contributed by atoms with Crippen molar-refractivity contribution < 1.29 is 22.7 Å². The zero-order chi connectivity index (χ0) is 17.6. The van der Waals surface area contributed by atoms with Crippen molar-refractivity contribution in [2.45, 2.75) is 4.90 Å². The largest absolute Gasteiger partial charge is 0.486 e. The quantitative estimate of drug-likeness (QED) is 0.733. The molecule has 2 aliphatic rings. The number of rotatable bonds is 1. The molecule has 2 aromatic rings. The molecule has 128 valence electrons. The Labute approximate surface area is 145 Å². The molecule has 0 atom stereocenters. The van der Waals surface area contributed by atoms with Crippen LogP contribution in [0.25, 0.3) is 6.08 Å². The van der Waals surface area contributed by atoms with Gasteiger partial charge in [-0.3, -0.25) is 9.10 Å². The lowest BCUT2D eigenvalue weighted by Gasteiger charge is -2.28. The number of nitrogens with zero attached hydrogens (tertiary/aromatic N) is 1. The van der Waals surface area contributed by atoms with E-state index in [1.807, 2.05) is 0 Å². The number of hydrogen-bond donors (Lipinski definition) is 0. The van der Waals surface area contributed by atoms with Crippen molar-refractivity contribution in [1.29, 1.82) is 0 Å². The second kappa shape index (κ2) is 5.63. The predicted molar refractivity (Wildman–Crippen MR) is 91.1 cm³/mol. The summed E-state index contributed by atoms with van der Waals surface area (Å²) in [7, 11) is -2.37. The number of Topliss-reactive ketones (excluding diaryl/α,β-unsaturated/α-hetero) is 1. The van der Waals surface area contributed by atoms with Crippen molar-refractivity contribution in [2.24, 2.45) is 0 Å². The van der Waals surface area contributed by atoms with Gasteiger partial charge in [-0.05, 0) is 35.9 Å². The SMILES string of the molecule is CN1C(=Cc2ccc3c(c2)OCCO3)C(=O)c2ccccc2S1(=O)=O. The maximum Gasteiger partial charge on any atom is 0.264 e. The summed E-state index contributed by atoms with van der Waals surface area (Å²) in [6.45, 7) is 0.942. The molecule has 0 fully saturated rings. The number of carbonyl (C=O) groups excluding carboxylic acids is 1. The number of fused-ring (bicyclic) bond motifs is 2. The van der Waals surface area contributed by atoms with Gasteiger partial charge in [0.2, 0.25) is 5.78 Å². The number of sulfonamides is 1. The number of ether oxygens (including phenoxy) is 2. The first-order valence-electron chi connectivity index (χ1n) is 7.72. The van der Waals surface area contributed by atoms with E-state index >= 15 is 0 Å². The van der Waals surface area contributed by atoms with Gasteiger partial charge in [0.05, 0.1) is 4.90 Å². The topological polar surface area (TPSA) is 72.9 Å². The molecule has 4 rings (SSSR count). The van der Waals surface area contributed by atoms with Crippen LogP contribution in [0.3, 0.4) is 0 Å². The van der Waals surface area contributed by atoms with Crippen LogP contribution >= 0.6 is 0 Å². The Morgan fingerprint density at radius 3 is 2.56 bits per heavy atom. The highest BCUT2D eigenvalue weighted by atomic mass is 32.2. The van der Waals surface area contributed by atoms with Gasteiger partial charge in [0.15, 0.2) is 11.5 Å². The molecule has 0 unspecified atom stereocenters. The molecule has 25 heavy (non-hydrogen) atoms. The van der Waals surface area contributed by atoms with E-state index in [9.17, 15) is 13.2 Å². The van der Waals surface area contributed by atoms with Crippen LogP contribution in [0.2, 0.25) is 0 Å². The van der Waals surface area contributed by atoms with Gasteiger partial charge < -0.3 is 9.47 Å². The maximum absolute atomic E-state index is 12.8. The average Bonchev–Trinajstić information content (AvgIpc) is 2.64. The van der Waals surface area contributed by atoms with Crippen LogP contribution in [0.4, 0.5) is 0 Å². The van der Waals surface area contributed by atoms with Crippen molar-refractivity contribution in [3.63, 3.8) is 0 Å². The third-order valence-corrected chi connectivity index (χ3v) is 6.04. The fraction of sp³-hybridized carbons (Fsp3) is 0.167. The standard InChI is InChI=1S/C18H15NO5S/c1-19-14(10-12-6-7-15-16(11-12)24-9-8-23-15)18(20)13-4-2-3-5-17(13)25(19,21)22/h2-7,10-11H,8-9H2,1H3. The highest BCUT2D eigenvalue weighted by molar-refractivity contribution is 7.89. The molecule has 2 heterocycles. The predicted octanol–water partition coefficient (Wildman–Crippen LogP) is 2.32. The second-order valence-corrected chi connectivity index (χ2v) is 7.67. The molecule has 0 bridgehead atoms. The number of likely N-dealkylation sites (N-methyl/N-ethyl adjacent to an activating group) is 1. The van der Waals surface area contributed by atoms with Crippen LogP contribution in [-0.2, 0) is 10.0 Å². The minimum atomic E-state index is -3.75. The average molecular weight is 357 g/mol. The highest BCUT2D eigenvalue weighted by Gasteiger charge is 2.36. The first-order valence-corrected chi connectivity index (χ1v) is 9.16. The molecule has 0 saturated heterocycles. The number of allylic oxidation sites excluding steroid dienone is 1. The van der Waals surface area contributed by atoms with E-state index in [1.165, 1.54) is 19.2 Å². The van der Waals surface area contributed by atoms with E-state index in [0.717, 1.165) is 4.31 Å². The molecule has 0 spiro atoms. The van der Waals surface area contributed by atoms with Crippen LogP contribution in [0.1, 0.15) is 15.9 Å². The van der Waals surface area contributed by atoms with E-state index in [4.69, 9.17) is 9.47 Å². The molecular weight excluding hydrogens is 342 g/mol. The highest BCUT2D eigenvalue weighted by Crippen LogP contribution is 2.34. The second-order valence-electron chi connectivity index (χ2n) is 5.73. The van der Waals surface area contributed by atoms with Crippen LogP contribution in [0.5, 0.6) is 11.5 Å². The summed E-state index contributed by atoms with van der Waals surface area (Å²) in [5.41, 5.74) is 0.939. The minimum Gasteiger partial charge on any atom is -0.486 e. The zero-order valence-corrected chi connectivity index (χ0v) is 14.2. The van der Waals surface area contributed by atoms with Crippen LogP contribution in [-0.4, -0.2) is 38.8 Å². The normalized spacial score (nSPS) is 19.6. The van der Waals surface area contributed by atoms with Gasteiger partial charge in [-0.25, -0.2) is 8.42 Å². The third kappa shape index (κ3) is 2.47. The molecule has 6 nitrogen and oxygen atoms in total. The fourth-order valence-corrected chi connectivity index (χ4v) is 4.28. The van der Waals surface area contributed by atoms with Crippen molar-refractivity contribution in [2.75, 3.05) is 20.3 Å². The van der Waals surface area contributed by atoms with Gasteiger partial charge in [0.1, 0.15) is 18.9 Å².